The maximum absolute atomic E-state index is 13.3. The van der Waals surface area contributed by atoms with E-state index in [1.165, 1.54) is 12.5 Å². The first-order valence-electron chi connectivity index (χ1n) is 5.30. The van der Waals surface area contributed by atoms with Crippen molar-refractivity contribution in [1.82, 2.24) is 5.32 Å². The number of hydrogen-bond donors (Lipinski definition) is 1. The first-order valence-corrected chi connectivity index (χ1v) is 5.84. The van der Waals surface area contributed by atoms with Gasteiger partial charge in [-0.05, 0) is 25.3 Å². The maximum atomic E-state index is 13.3. The molecule has 0 saturated heterocycles. The molecule has 0 radical (unpaired) electrons. The van der Waals surface area contributed by atoms with E-state index in [0.717, 1.165) is 12.8 Å². The summed E-state index contributed by atoms with van der Waals surface area (Å²) in [7, 11) is 0. The van der Waals surface area contributed by atoms with Gasteiger partial charge >= 0.3 is 0 Å². The van der Waals surface area contributed by atoms with E-state index in [0.29, 0.717) is 18.0 Å². The van der Waals surface area contributed by atoms with E-state index in [2.05, 4.69) is 5.32 Å². The Labute approximate surface area is 94.6 Å². The molecule has 1 aliphatic rings. The fraction of sp³-hybridized carbons (Fsp3) is 0.500. The van der Waals surface area contributed by atoms with Crippen LogP contribution in [0.15, 0.2) is 24.3 Å². The van der Waals surface area contributed by atoms with E-state index in [1.807, 2.05) is 12.1 Å². The highest BCUT2D eigenvalue weighted by atomic mass is 35.5. The zero-order valence-corrected chi connectivity index (χ0v) is 9.36. The number of rotatable bonds is 4. The lowest BCUT2D eigenvalue weighted by Crippen LogP contribution is -2.52. The zero-order valence-electron chi connectivity index (χ0n) is 8.60. The van der Waals surface area contributed by atoms with Crippen LogP contribution in [-0.4, -0.2) is 11.4 Å². The Balaban J connectivity index is 1.95. The van der Waals surface area contributed by atoms with Gasteiger partial charge in [0, 0.05) is 23.5 Å². The topological polar surface area (TPSA) is 12.0 Å². The quantitative estimate of drug-likeness (QED) is 0.780. The lowest BCUT2D eigenvalue weighted by Gasteiger charge is -2.41. The van der Waals surface area contributed by atoms with E-state index in [-0.39, 0.29) is 11.4 Å². The van der Waals surface area contributed by atoms with Crippen molar-refractivity contribution < 1.29 is 4.39 Å². The second kappa shape index (κ2) is 4.50. The van der Waals surface area contributed by atoms with Gasteiger partial charge in [0.1, 0.15) is 5.82 Å². The van der Waals surface area contributed by atoms with Crippen molar-refractivity contribution in [3.8, 4) is 0 Å². The molecule has 0 aliphatic heterocycles. The molecule has 1 aliphatic carbocycles. The van der Waals surface area contributed by atoms with Gasteiger partial charge in [-0.25, -0.2) is 4.39 Å². The van der Waals surface area contributed by atoms with Gasteiger partial charge in [-0.3, -0.25) is 0 Å². The second-order valence-corrected chi connectivity index (χ2v) is 4.48. The molecule has 0 atom stereocenters. The van der Waals surface area contributed by atoms with Gasteiger partial charge in [-0.1, -0.05) is 18.2 Å². The number of benzene rings is 1. The molecule has 1 N–H and O–H groups in total. The normalized spacial score (nSPS) is 18.5. The minimum absolute atomic E-state index is 0.0594. The second-order valence-electron chi connectivity index (χ2n) is 4.21. The number of alkyl halides is 1. The number of halogens is 2. The van der Waals surface area contributed by atoms with Crippen LogP contribution < -0.4 is 5.32 Å². The van der Waals surface area contributed by atoms with Crippen molar-refractivity contribution in [3.63, 3.8) is 0 Å². The van der Waals surface area contributed by atoms with Crippen LogP contribution in [0.5, 0.6) is 0 Å². The third kappa shape index (κ3) is 2.32. The van der Waals surface area contributed by atoms with Crippen molar-refractivity contribution in [2.45, 2.75) is 31.3 Å². The van der Waals surface area contributed by atoms with Crippen molar-refractivity contribution in [3.05, 3.63) is 35.6 Å². The Hall–Kier alpha value is -0.600. The third-order valence-corrected chi connectivity index (χ3v) is 3.69. The monoisotopic (exact) mass is 227 g/mol. The minimum Gasteiger partial charge on any atom is -0.306 e. The lowest BCUT2D eigenvalue weighted by atomic mass is 9.78. The third-order valence-electron chi connectivity index (χ3n) is 3.18. The Bertz CT molecular complexity index is 331. The van der Waals surface area contributed by atoms with Crippen LogP contribution in [0.1, 0.15) is 24.8 Å². The van der Waals surface area contributed by atoms with Crippen LogP contribution in [0.2, 0.25) is 0 Å². The molecule has 1 aromatic carbocycles. The standard InChI is InChI=1S/C12H15ClFN/c13-9-12(6-3-7-12)15-8-10-4-1-2-5-11(10)14/h1-2,4-5,15H,3,6-9H2. The Morgan fingerprint density at radius 1 is 1.33 bits per heavy atom. The van der Waals surface area contributed by atoms with E-state index in [9.17, 15) is 4.39 Å². The van der Waals surface area contributed by atoms with Gasteiger partial charge in [-0.15, -0.1) is 11.6 Å². The molecule has 0 bridgehead atoms. The minimum atomic E-state index is -0.144. The highest BCUT2D eigenvalue weighted by Gasteiger charge is 2.35. The highest BCUT2D eigenvalue weighted by molar-refractivity contribution is 6.18. The van der Waals surface area contributed by atoms with Crippen LogP contribution in [0.3, 0.4) is 0 Å². The molecule has 1 nitrogen and oxygen atoms in total. The fourth-order valence-electron chi connectivity index (χ4n) is 1.89. The SMILES string of the molecule is Fc1ccccc1CNC1(CCl)CCC1. The van der Waals surface area contributed by atoms with Crippen molar-refractivity contribution in [1.29, 1.82) is 0 Å². The molecule has 0 spiro atoms. The van der Waals surface area contributed by atoms with Crippen LogP contribution in [0, 0.1) is 5.82 Å². The van der Waals surface area contributed by atoms with Crippen LogP contribution in [0.4, 0.5) is 4.39 Å². The summed E-state index contributed by atoms with van der Waals surface area (Å²) in [6.07, 6.45) is 3.42. The summed E-state index contributed by atoms with van der Waals surface area (Å²) >= 11 is 5.91. The van der Waals surface area contributed by atoms with E-state index in [4.69, 9.17) is 11.6 Å². The van der Waals surface area contributed by atoms with Crippen molar-refractivity contribution >= 4 is 11.6 Å². The summed E-state index contributed by atoms with van der Waals surface area (Å²) in [5, 5.41) is 3.37. The number of nitrogens with one attached hydrogen (secondary N) is 1. The molecule has 82 valence electrons. The molecular formula is C12H15ClFN. The van der Waals surface area contributed by atoms with Gasteiger partial charge in [0.25, 0.3) is 0 Å². The van der Waals surface area contributed by atoms with Gasteiger partial charge in [0.05, 0.1) is 0 Å². The fourth-order valence-corrected chi connectivity index (χ4v) is 2.25. The molecule has 0 amide bonds. The zero-order chi connectivity index (χ0) is 10.7. The molecule has 1 saturated carbocycles. The van der Waals surface area contributed by atoms with Crippen LogP contribution in [-0.2, 0) is 6.54 Å². The molecule has 2 rings (SSSR count). The van der Waals surface area contributed by atoms with Crippen LogP contribution >= 0.6 is 11.6 Å². The predicted molar refractivity (Wildman–Crippen MR) is 60.5 cm³/mol. The first-order chi connectivity index (χ1) is 7.26. The van der Waals surface area contributed by atoms with Gasteiger partial charge < -0.3 is 5.32 Å². The smallest absolute Gasteiger partial charge is 0.127 e. The molecule has 15 heavy (non-hydrogen) atoms. The molecule has 0 unspecified atom stereocenters. The van der Waals surface area contributed by atoms with E-state index >= 15 is 0 Å². The predicted octanol–water partition coefficient (Wildman–Crippen LogP) is 3.08. The largest absolute Gasteiger partial charge is 0.306 e. The average Bonchev–Trinajstić information content (AvgIpc) is 2.19. The highest BCUT2D eigenvalue weighted by Crippen LogP contribution is 2.33. The summed E-state index contributed by atoms with van der Waals surface area (Å²) in [5.41, 5.74) is 0.776. The summed E-state index contributed by atoms with van der Waals surface area (Å²) in [6.45, 7) is 0.569. The lowest BCUT2D eigenvalue weighted by molar-refractivity contribution is 0.210. The summed E-state index contributed by atoms with van der Waals surface area (Å²) in [4.78, 5) is 0. The maximum Gasteiger partial charge on any atom is 0.127 e. The molecule has 3 heteroatoms. The van der Waals surface area contributed by atoms with Crippen LogP contribution in [0.25, 0.3) is 0 Å². The summed E-state index contributed by atoms with van der Waals surface area (Å²) in [5.74, 6) is 0.468. The van der Waals surface area contributed by atoms with Gasteiger partial charge in [0.2, 0.25) is 0 Å². The van der Waals surface area contributed by atoms with Gasteiger partial charge in [-0.2, -0.15) is 0 Å². The molecule has 0 aromatic heterocycles. The van der Waals surface area contributed by atoms with E-state index < -0.39 is 0 Å². The average molecular weight is 228 g/mol. The van der Waals surface area contributed by atoms with Gasteiger partial charge in [0.15, 0.2) is 0 Å². The molecule has 1 fully saturated rings. The molecule has 0 heterocycles. The van der Waals surface area contributed by atoms with E-state index in [1.54, 1.807) is 6.07 Å². The summed E-state index contributed by atoms with van der Waals surface area (Å²) in [6, 6.07) is 6.86. The summed E-state index contributed by atoms with van der Waals surface area (Å²) < 4.78 is 13.3. The first kappa shape index (κ1) is 10.9. The molecular weight excluding hydrogens is 213 g/mol. The van der Waals surface area contributed by atoms with Crippen molar-refractivity contribution in [2.24, 2.45) is 0 Å². The van der Waals surface area contributed by atoms with Crippen molar-refractivity contribution in [2.75, 3.05) is 5.88 Å². The number of hydrogen-bond acceptors (Lipinski definition) is 1. The Morgan fingerprint density at radius 2 is 2.07 bits per heavy atom. The Morgan fingerprint density at radius 3 is 2.60 bits per heavy atom. The Kier molecular flexibility index (Phi) is 3.27. The molecule has 1 aromatic rings.